The first-order valence-corrected chi connectivity index (χ1v) is 5.18. The van der Waals surface area contributed by atoms with Gasteiger partial charge in [-0.15, -0.1) is 0 Å². The van der Waals surface area contributed by atoms with Crippen LogP contribution >= 0.6 is 0 Å². The lowest BCUT2D eigenvalue weighted by Crippen LogP contribution is -2.22. The Kier molecular flexibility index (Phi) is 3.73. The summed E-state index contributed by atoms with van der Waals surface area (Å²) in [5, 5.41) is 0. The number of benzene rings is 1. The minimum Gasteiger partial charge on any atom is -0.450 e. The first-order chi connectivity index (χ1) is 7.37. The van der Waals surface area contributed by atoms with E-state index in [2.05, 4.69) is 11.8 Å². The molecule has 84 valence electrons. The molecular weight excluding hydrogens is 200 g/mol. The van der Waals surface area contributed by atoms with E-state index in [0.29, 0.717) is 0 Å². The van der Waals surface area contributed by atoms with Gasteiger partial charge in [0.2, 0.25) is 0 Å². The fourth-order valence-electron chi connectivity index (χ4n) is 1.15. The number of esters is 1. The fourth-order valence-corrected chi connectivity index (χ4v) is 1.15. The molecule has 0 amide bonds. The van der Waals surface area contributed by atoms with Crippen LogP contribution in [0.15, 0.2) is 24.3 Å². The van der Waals surface area contributed by atoms with Crippen LogP contribution in [-0.2, 0) is 9.53 Å². The predicted molar refractivity (Wildman–Crippen MR) is 63.9 cm³/mol. The smallest absolute Gasteiger partial charge is 0.385 e. The van der Waals surface area contributed by atoms with Crippen molar-refractivity contribution in [3.63, 3.8) is 0 Å². The highest BCUT2D eigenvalue weighted by Gasteiger charge is 2.13. The summed E-state index contributed by atoms with van der Waals surface area (Å²) in [6.07, 6.45) is 0. The second kappa shape index (κ2) is 4.85. The van der Waals surface area contributed by atoms with Crippen LogP contribution in [0.2, 0.25) is 0 Å². The monoisotopic (exact) mass is 216 g/mol. The number of ether oxygens (including phenoxy) is 1. The van der Waals surface area contributed by atoms with Crippen LogP contribution < -0.4 is 0 Å². The lowest BCUT2D eigenvalue weighted by molar-refractivity contribution is -0.147. The van der Waals surface area contributed by atoms with Gasteiger partial charge in [-0.2, -0.15) is 0 Å². The quantitative estimate of drug-likeness (QED) is 0.492. The summed E-state index contributed by atoms with van der Waals surface area (Å²) in [6.45, 7) is 7.44. The Hall–Kier alpha value is -1.75. The van der Waals surface area contributed by atoms with Gasteiger partial charge in [0.05, 0.1) is 0 Å². The van der Waals surface area contributed by atoms with E-state index in [1.807, 2.05) is 52.0 Å². The third-order valence-electron chi connectivity index (χ3n) is 1.73. The molecule has 0 bridgehead atoms. The van der Waals surface area contributed by atoms with Crippen molar-refractivity contribution in [1.29, 1.82) is 0 Å². The van der Waals surface area contributed by atoms with Gasteiger partial charge in [-0.1, -0.05) is 18.1 Å². The standard InChI is InChI=1S/C14H16O2/c1-11-6-5-7-12(10-11)8-9-13(15)16-14(2,3)4/h5-7,10H,1-4H3. The third kappa shape index (κ3) is 4.65. The zero-order chi connectivity index (χ0) is 12.2. The van der Waals surface area contributed by atoms with E-state index < -0.39 is 11.6 Å². The van der Waals surface area contributed by atoms with Crippen LogP contribution in [0.3, 0.4) is 0 Å². The van der Waals surface area contributed by atoms with Crippen LogP contribution in [-0.4, -0.2) is 11.6 Å². The normalized spacial score (nSPS) is 10.2. The van der Waals surface area contributed by atoms with Gasteiger partial charge in [-0.25, -0.2) is 4.79 Å². The maximum Gasteiger partial charge on any atom is 0.385 e. The Morgan fingerprint density at radius 3 is 2.56 bits per heavy atom. The van der Waals surface area contributed by atoms with E-state index in [9.17, 15) is 4.79 Å². The molecule has 0 radical (unpaired) electrons. The van der Waals surface area contributed by atoms with Gasteiger partial charge in [-0.05, 0) is 45.4 Å². The first-order valence-electron chi connectivity index (χ1n) is 5.18. The van der Waals surface area contributed by atoms with Crippen molar-refractivity contribution in [2.24, 2.45) is 0 Å². The van der Waals surface area contributed by atoms with Crippen molar-refractivity contribution in [2.45, 2.75) is 33.3 Å². The van der Waals surface area contributed by atoms with Crippen molar-refractivity contribution in [3.05, 3.63) is 35.4 Å². The lowest BCUT2D eigenvalue weighted by atomic mass is 10.1. The SMILES string of the molecule is Cc1cccc(C#CC(=O)OC(C)(C)C)c1. The molecule has 0 fully saturated rings. The average molecular weight is 216 g/mol. The molecule has 2 nitrogen and oxygen atoms in total. The molecule has 0 atom stereocenters. The largest absolute Gasteiger partial charge is 0.450 e. The highest BCUT2D eigenvalue weighted by Crippen LogP contribution is 2.06. The second-order valence-corrected chi connectivity index (χ2v) is 4.62. The Balaban J connectivity index is 2.71. The zero-order valence-electron chi connectivity index (χ0n) is 10.1. The second-order valence-electron chi connectivity index (χ2n) is 4.62. The van der Waals surface area contributed by atoms with Crippen LogP contribution in [0, 0.1) is 18.8 Å². The van der Waals surface area contributed by atoms with E-state index in [-0.39, 0.29) is 0 Å². The summed E-state index contributed by atoms with van der Waals surface area (Å²) in [6, 6.07) is 7.69. The molecule has 0 aliphatic carbocycles. The molecular formula is C14H16O2. The molecule has 1 aromatic carbocycles. The van der Waals surface area contributed by atoms with E-state index in [1.165, 1.54) is 0 Å². The van der Waals surface area contributed by atoms with Gasteiger partial charge < -0.3 is 4.74 Å². The Labute approximate surface area is 96.6 Å². The van der Waals surface area contributed by atoms with Gasteiger partial charge in [0.15, 0.2) is 0 Å². The van der Waals surface area contributed by atoms with Crippen LogP contribution in [0.5, 0.6) is 0 Å². The van der Waals surface area contributed by atoms with Crippen molar-refractivity contribution < 1.29 is 9.53 Å². The number of aryl methyl sites for hydroxylation is 1. The number of carbonyl (C=O) groups excluding carboxylic acids is 1. The van der Waals surface area contributed by atoms with Crippen molar-refractivity contribution >= 4 is 5.97 Å². The van der Waals surface area contributed by atoms with Crippen molar-refractivity contribution in [3.8, 4) is 11.8 Å². The van der Waals surface area contributed by atoms with Gasteiger partial charge >= 0.3 is 5.97 Å². The summed E-state index contributed by atoms with van der Waals surface area (Å²) in [5.74, 6) is 4.76. The minimum atomic E-state index is -0.492. The topological polar surface area (TPSA) is 26.3 Å². The van der Waals surface area contributed by atoms with E-state index in [1.54, 1.807) is 0 Å². The van der Waals surface area contributed by atoms with Crippen LogP contribution in [0.4, 0.5) is 0 Å². The molecule has 0 aliphatic rings. The molecule has 0 spiro atoms. The molecule has 1 aromatic rings. The summed E-state index contributed by atoms with van der Waals surface area (Å²) in [7, 11) is 0. The van der Waals surface area contributed by atoms with E-state index in [4.69, 9.17) is 4.74 Å². The number of carbonyl (C=O) groups is 1. The van der Waals surface area contributed by atoms with Crippen molar-refractivity contribution in [2.75, 3.05) is 0 Å². The third-order valence-corrected chi connectivity index (χ3v) is 1.73. The van der Waals surface area contributed by atoms with Gasteiger partial charge in [0.25, 0.3) is 0 Å². The molecule has 16 heavy (non-hydrogen) atoms. The number of rotatable bonds is 0. The lowest BCUT2D eigenvalue weighted by Gasteiger charge is -2.16. The maximum absolute atomic E-state index is 11.3. The Morgan fingerprint density at radius 1 is 1.31 bits per heavy atom. The Morgan fingerprint density at radius 2 is 2.00 bits per heavy atom. The first kappa shape index (κ1) is 12.3. The highest BCUT2D eigenvalue weighted by molar-refractivity contribution is 5.89. The van der Waals surface area contributed by atoms with Crippen LogP contribution in [0.1, 0.15) is 31.9 Å². The molecule has 0 heterocycles. The number of hydrogen-bond donors (Lipinski definition) is 0. The summed E-state index contributed by atoms with van der Waals surface area (Å²) in [5.41, 5.74) is 1.46. The molecule has 0 saturated carbocycles. The molecule has 1 rings (SSSR count). The summed E-state index contributed by atoms with van der Waals surface area (Å²) in [4.78, 5) is 11.3. The summed E-state index contributed by atoms with van der Waals surface area (Å²) < 4.78 is 5.08. The Bertz CT molecular complexity index is 442. The molecule has 0 aromatic heterocycles. The fraction of sp³-hybridized carbons (Fsp3) is 0.357. The molecule has 0 aliphatic heterocycles. The maximum atomic E-state index is 11.3. The average Bonchev–Trinajstić information content (AvgIpc) is 2.12. The zero-order valence-corrected chi connectivity index (χ0v) is 10.1. The molecule has 2 heteroatoms. The summed E-state index contributed by atoms with van der Waals surface area (Å²) >= 11 is 0. The molecule has 0 saturated heterocycles. The van der Waals surface area contributed by atoms with E-state index >= 15 is 0 Å². The van der Waals surface area contributed by atoms with Gasteiger partial charge in [-0.3, -0.25) is 0 Å². The van der Waals surface area contributed by atoms with Crippen molar-refractivity contribution in [1.82, 2.24) is 0 Å². The molecule has 0 unspecified atom stereocenters. The minimum absolute atomic E-state index is 0.488. The predicted octanol–water partition coefficient (Wildman–Crippen LogP) is 2.69. The molecule has 0 N–H and O–H groups in total. The van der Waals surface area contributed by atoms with Crippen LogP contribution in [0.25, 0.3) is 0 Å². The van der Waals surface area contributed by atoms with Gasteiger partial charge in [0.1, 0.15) is 5.60 Å². The highest BCUT2D eigenvalue weighted by atomic mass is 16.6. The van der Waals surface area contributed by atoms with E-state index in [0.717, 1.165) is 11.1 Å². The number of hydrogen-bond acceptors (Lipinski definition) is 2. The van der Waals surface area contributed by atoms with Gasteiger partial charge in [0, 0.05) is 11.5 Å².